The SMILES string of the molecule is COc1c(C(F)F)[nH]c(F)cc1=O. The molecule has 3 nitrogen and oxygen atoms in total. The average molecular weight is 193 g/mol. The maximum atomic E-state index is 12.5. The minimum absolute atomic E-state index is 0.546. The molecule has 0 aliphatic carbocycles. The molecule has 0 unspecified atom stereocenters. The van der Waals surface area contributed by atoms with Crippen LogP contribution < -0.4 is 10.2 Å². The highest BCUT2D eigenvalue weighted by atomic mass is 19.3. The topological polar surface area (TPSA) is 42.1 Å². The van der Waals surface area contributed by atoms with Gasteiger partial charge in [-0.15, -0.1) is 0 Å². The van der Waals surface area contributed by atoms with Crippen LogP contribution in [0.3, 0.4) is 0 Å². The van der Waals surface area contributed by atoms with Crippen LogP contribution >= 0.6 is 0 Å². The fraction of sp³-hybridized carbons (Fsp3) is 0.286. The number of hydrogen-bond donors (Lipinski definition) is 1. The Morgan fingerprint density at radius 1 is 1.54 bits per heavy atom. The maximum absolute atomic E-state index is 12.5. The van der Waals surface area contributed by atoms with Crippen molar-refractivity contribution in [2.75, 3.05) is 7.11 Å². The Morgan fingerprint density at radius 3 is 2.62 bits per heavy atom. The standard InChI is InChI=1S/C7H6F3NO2/c1-13-6-3(12)2-4(8)11-5(6)7(9)10/h2,7H,1H3,(H,11,12). The van der Waals surface area contributed by atoms with Crippen LogP contribution in [0.5, 0.6) is 5.75 Å². The minimum Gasteiger partial charge on any atom is -0.491 e. The minimum atomic E-state index is -2.97. The quantitative estimate of drug-likeness (QED) is 0.722. The van der Waals surface area contributed by atoms with Crippen molar-refractivity contribution < 1.29 is 17.9 Å². The summed E-state index contributed by atoms with van der Waals surface area (Å²) in [5, 5.41) is 0. The van der Waals surface area contributed by atoms with Crippen LogP contribution in [0.4, 0.5) is 13.2 Å². The molecular formula is C7H6F3NO2. The van der Waals surface area contributed by atoms with E-state index >= 15 is 0 Å². The molecular weight excluding hydrogens is 187 g/mol. The Bertz CT molecular complexity index is 361. The van der Waals surface area contributed by atoms with Gasteiger partial charge >= 0.3 is 0 Å². The summed E-state index contributed by atoms with van der Waals surface area (Å²) in [6.45, 7) is 0. The highest BCUT2D eigenvalue weighted by Crippen LogP contribution is 2.23. The fourth-order valence-corrected chi connectivity index (χ4v) is 0.899. The molecule has 1 heterocycles. The number of rotatable bonds is 2. The smallest absolute Gasteiger partial charge is 0.282 e. The zero-order chi connectivity index (χ0) is 10.0. The monoisotopic (exact) mass is 193 g/mol. The first-order valence-corrected chi connectivity index (χ1v) is 3.31. The second-order valence-corrected chi connectivity index (χ2v) is 2.23. The van der Waals surface area contributed by atoms with Gasteiger partial charge in [-0.2, -0.15) is 4.39 Å². The molecule has 0 bridgehead atoms. The van der Waals surface area contributed by atoms with E-state index in [2.05, 4.69) is 4.74 Å². The van der Waals surface area contributed by atoms with E-state index in [9.17, 15) is 18.0 Å². The Labute approximate surface area is 71.2 Å². The van der Waals surface area contributed by atoms with Crippen molar-refractivity contribution >= 4 is 0 Å². The van der Waals surface area contributed by atoms with Gasteiger partial charge in [0.15, 0.2) is 11.7 Å². The van der Waals surface area contributed by atoms with Gasteiger partial charge in [0.05, 0.1) is 7.11 Å². The van der Waals surface area contributed by atoms with Gasteiger partial charge in [-0.25, -0.2) is 8.78 Å². The number of hydrogen-bond acceptors (Lipinski definition) is 2. The van der Waals surface area contributed by atoms with Crippen molar-refractivity contribution in [2.24, 2.45) is 0 Å². The molecule has 6 heteroatoms. The Hall–Kier alpha value is -1.46. The van der Waals surface area contributed by atoms with Crippen molar-refractivity contribution in [2.45, 2.75) is 6.43 Å². The number of halogens is 3. The lowest BCUT2D eigenvalue weighted by atomic mass is 10.3. The molecule has 0 aliphatic heterocycles. The van der Waals surface area contributed by atoms with Crippen LogP contribution in [0.2, 0.25) is 0 Å². The molecule has 1 aromatic heterocycles. The van der Waals surface area contributed by atoms with Crippen molar-refractivity contribution in [3.63, 3.8) is 0 Å². The second-order valence-electron chi connectivity index (χ2n) is 2.23. The molecule has 0 amide bonds. The van der Waals surface area contributed by atoms with Crippen molar-refractivity contribution in [1.29, 1.82) is 0 Å². The number of ether oxygens (including phenoxy) is 1. The van der Waals surface area contributed by atoms with E-state index in [4.69, 9.17) is 0 Å². The number of aromatic amines is 1. The summed E-state index contributed by atoms with van der Waals surface area (Å²) in [6, 6.07) is 0.546. The molecule has 72 valence electrons. The van der Waals surface area contributed by atoms with E-state index in [0.717, 1.165) is 7.11 Å². The van der Waals surface area contributed by atoms with Crippen LogP contribution in [-0.2, 0) is 0 Å². The fourth-order valence-electron chi connectivity index (χ4n) is 0.899. The van der Waals surface area contributed by atoms with Gasteiger partial charge in [-0.05, 0) is 0 Å². The summed E-state index contributed by atoms with van der Waals surface area (Å²) in [5.41, 5.74) is -1.75. The van der Waals surface area contributed by atoms with E-state index in [1.807, 2.05) is 0 Å². The predicted molar refractivity (Wildman–Crippen MR) is 38.5 cm³/mol. The van der Waals surface area contributed by atoms with Gasteiger partial charge in [0, 0.05) is 6.07 Å². The predicted octanol–water partition coefficient (Wildman–Crippen LogP) is 1.46. The molecule has 0 atom stereocenters. The first-order valence-electron chi connectivity index (χ1n) is 3.31. The third-order valence-corrected chi connectivity index (χ3v) is 1.40. The molecule has 0 spiro atoms. The number of alkyl halides is 2. The second kappa shape index (κ2) is 3.51. The number of aromatic nitrogens is 1. The van der Waals surface area contributed by atoms with Crippen molar-refractivity contribution in [1.82, 2.24) is 4.98 Å². The zero-order valence-electron chi connectivity index (χ0n) is 6.61. The van der Waals surface area contributed by atoms with E-state index in [1.54, 1.807) is 4.98 Å². The number of H-pyrrole nitrogens is 1. The van der Waals surface area contributed by atoms with Crippen LogP contribution in [0.1, 0.15) is 12.1 Å². The first-order chi connectivity index (χ1) is 6.06. The molecule has 0 saturated heterocycles. The summed E-state index contributed by atoms with van der Waals surface area (Å²) in [4.78, 5) is 12.6. The Balaban J connectivity index is 3.38. The summed E-state index contributed by atoms with van der Waals surface area (Å²) >= 11 is 0. The summed E-state index contributed by atoms with van der Waals surface area (Å²) in [5.74, 6) is -1.67. The molecule has 1 aromatic rings. The third-order valence-electron chi connectivity index (χ3n) is 1.40. The van der Waals surface area contributed by atoms with Gasteiger partial charge in [-0.3, -0.25) is 4.79 Å². The van der Waals surface area contributed by atoms with Gasteiger partial charge < -0.3 is 9.72 Å². The van der Waals surface area contributed by atoms with Crippen LogP contribution in [-0.4, -0.2) is 12.1 Å². The molecule has 0 saturated carbocycles. The lowest BCUT2D eigenvalue weighted by Crippen LogP contribution is -2.11. The largest absolute Gasteiger partial charge is 0.491 e. The Kier molecular flexibility index (Phi) is 2.60. The molecule has 0 aliphatic rings. The number of pyridine rings is 1. The van der Waals surface area contributed by atoms with Gasteiger partial charge in [-0.1, -0.05) is 0 Å². The summed E-state index contributed by atoms with van der Waals surface area (Å²) in [6.07, 6.45) is -2.97. The van der Waals surface area contributed by atoms with E-state index < -0.39 is 29.2 Å². The number of nitrogens with one attached hydrogen (secondary N) is 1. The van der Waals surface area contributed by atoms with Gasteiger partial charge in [0.2, 0.25) is 5.43 Å². The number of methoxy groups -OCH3 is 1. The lowest BCUT2D eigenvalue weighted by Gasteiger charge is -2.05. The van der Waals surface area contributed by atoms with Crippen LogP contribution in [0.25, 0.3) is 0 Å². The molecule has 0 aromatic carbocycles. The summed E-state index contributed by atoms with van der Waals surface area (Å²) in [7, 11) is 1.06. The molecule has 13 heavy (non-hydrogen) atoms. The van der Waals surface area contributed by atoms with Gasteiger partial charge in [0.1, 0.15) is 5.69 Å². The van der Waals surface area contributed by atoms with E-state index in [-0.39, 0.29) is 0 Å². The lowest BCUT2D eigenvalue weighted by molar-refractivity contribution is 0.139. The van der Waals surface area contributed by atoms with Crippen molar-refractivity contribution in [3.8, 4) is 5.75 Å². The molecule has 1 N–H and O–H groups in total. The molecule has 0 fully saturated rings. The summed E-state index contributed by atoms with van der Waals surface area (Å²) < 4.78 is 41.2. The normalized spacial score (nSPS) is 10.5. The van der Waals surface area contributed by atoms with E-state index in [1.165, 1.54) is 0 Å². The van der Waals surface area contributed by atoms with E-state index in [0.29, 0.717) is 6.07 Å². The highest BCUT2D eigenvalue weighted by molar-refractivity contribution is 5.28. The average Bonchev–Trinajstić information content (AvgIpc) is 2.02. The third kappa shape index (κ3) is 1.82. The Morgan fingerprint density at radius 2 is 2.15 bits per heavy atom. The maximum Gasteiger partial charge on any atom is 0.282 e. The zero-order valence-corrected chi connectivity index (χ0v) is 6.61. The molecule has 0 radical (unpaired) electrons. The van der Waals surface area contributed by atoms with Crippen molar-refractivity contribution in [3.05, 3.63) is 27.9 Å². The van der Waals surface area contributed by atoms with Crippen LogP contribution in [0.15, 0.2) is 10.9 Å². The first kappa shape index (κ1) is 9.63. The molecule has 1 rings (SSSR count). The van der Waals surface area contributed by atoms with Gasteiger partial charge in [0.25, 0.3) is 6.43 Å². The van der Waals surface area contributed by atoms with Crippen LogP contribution in [0, 0.1) is 5.95 Å². The highest BCUT2D eigenvalue weighted by Gasteiger charge is 2.18.